The van der Waals surface area contributed by atoms with Gasteiger partial charge < -0.3 is 10.1 Å². The number of benzene rings is 2. The number of aromatic nitrogens is 2. The molecule has 0 unspecified atom stereocenters. The quantitative estimate of drug-likeness (QED) is 0.566. The third kappa shape index (κ3) is 6.04. The van der Waals surface area contributed by atoms with E-state index in [1.807, 2.05) is 44.2 Å². The summed E-state index contributed by atoms with van der Waals surface area (Å²) in [5, 5.41) is 2.69. The summed E-state index contributed by atoms with van der Waals surface area (Å²) in [6.45, 7) is 4.11. The molecule has 162 valence electrons. The van der Waals surface area contributed by atoms with Crippen LogP contribution in [0.15, 0.2) is 60.8 Å². The summed E-state index contributed by atoms with van der Waals surface area (Å²) in [6.07, 6.45) is -2.93. The molecule has 1 heterocycles. The molecule has 31 heavy (non-hydrogen) atoms. The molecule has 0 aliphatic rings. The van der Waals surface area contributed by atoms with Gasteiger partial charge in [0.05, 0.1) is 11.8 Å². The van der Waals surface area contributed by atoms with Crippen molar-refractivity contribution in [3.8, 4) is 5.75 Å². The van der Waals surface area contributed by atoms with Crippen LogP contribution in [0.3, 0.4) is 0 Å². The molecule has 0 fully saturated rings. The molecule has 3 aromatic rings. The van der Waals surface area contributed by atoms with Crippen LogP contribution in [0.5, 0.6) is 5.75 Å². The van der Waals surface area contributed by atoms with Gasteiger partial charge in [0, 0.05) is 12.5 Å². The Morgan fingerprint density at radius 3 is 2.32 bits per heavy atom. The maximum absolute atomic E-state index is 12.8. The number of alkyl halides is 3. The number of ether oxygens (including phenoxy) is 1. The standard InChI is InChI=1S/C23H22F3N3O2/c1-15(2)21-27-13-19(31-14-17-6-4-3-5-7-17)20(29-21)22(30)28-12-16-8-10-18(11-9-16)23(24,25)26/h3-11,13,15H,12,14H2,1-2H3,(H,28,30). The Kier molecular flexibility index (Phi) is 6.89. The SMILES string of the molecule is CC(C)c1ncc(OCc2ccccc2)c(C(=O)NCc2ccc(C(F)(F)F)cc2)n1. The van der Waals surface area contributed by atoms with Crippen molar-refractivity contribution >= 4 is 5.91 Å². The zero-order valence-corrected chi connectivity index (χ0v) is 17.1. The number of amides is 1. The summed E-state index contributed by atoms with van der Waals surface area (Å²) in [5.74, 6) is 0.238. The predicted octanol–water partition coefficient (Wildman–Crippen LogP) is 5.13. The summed E-state index contributed by atoms with van der Waals surface area (Å²) in [6, 6.07) is 14.1. The largest absolute Gasteiger partial charge is 0.485 e. The van der Waals surface area contributed by atoms with E-state index < -0.39 is 17.6 Å². The van der Waals surface area contributed by atoms with Gasteiger partial charge in [-0.2, -0.15) is 13.2 Å². The van der Waals surface area contributed by atoms with Crippen LogP contribution in [0.25, 0.3) is 0 Å². The molecular formula is C23H22F3N3O2. The van der Waals surface area contributed by atoms with Crippen LogP contribution in [0.1, 0.15) is 52.8 Å². The molecule has 0 saturated carbocycles. The molecular weight excluding hydrogens is 407 g/mol. The fraction of sp³-hybridized carbons (Fsp3) is 0.261. The van der Waals surface area contributed by atoms with Gasteiger partial charge >= 0.3 is 6.18 Å². The van der Waals surface area contributed by atoms with Crippen molar-refractivity contribution in [1.29, 1.82) is 0 Å². The van der Waals surface area contributed by atoms with Gasteiger partial charge in [-0.1, -0.05) is 56.3 Å². The third-order valence-electron chi connectivity index (χ3n) is 4.48. The van der Waals surface area contributed by atoms with Gasteiger partial charge in [-0.25, -0.2) is 9.97 Å². The summed E-state index contributed by atoms with van der Waals surface area (Å²) in [5.41, 5.74) is 0.802. The molecule has 0 atom stereocenters. The Bertz CT molecular complexity index is 1020. The van der Waals surface area contributed by atoms with Gasteiger partial charge in [0.25, 0.3) is 5.91 Å². The van der Waals surface area contributed by atoms with Gasteiger partial charge in [0.1, 0.15) is 12.4 Å². The van der Waals surface area contributed by atoms with E-state index in [9.17, 15) is 18.0 Å². The third-order valence-corrected chi connectivity index (χ3v) is 4.48. The molecule has 8 heteroatoms. The summed E-state index contributed by atoms with van der Waals surface area (Å²) in [4.78, 5) is 21.4. The molecule has 0 bridgehead atoms. The van der Waals surface area contributed by atoms with E-state index in [1.54, 1.807) is 0 Å². The summed E-state index contributed by atoms with van der Waals surface area (Å²) >= 11 is 0. The number of rotatable bonds is 7. The Hall–Kier alpha value is -3.42. The number of hydrogen-bond donors (Lipinski definition) is 1. The average molecular weight is 429 g/mol. The Morgan fingerprint density at radius 1 is 1.03 bits per heavy atom. The molecule has 1 N–H and O–H groups in total. The second-order valence-corrected chi connectivity index (χ2v) is 7.25. The molecule has 0 spiro atoms. The van der Waals surface area contributed by atoms with E-state index in [2.05, 4.69) is 15.3 Å². The number of nitrogens with one attached hydrogen (secondary N) is 1. The molecule has 0 aliphatic carbocycles. The highest BCUT2D eigenvalue weighted by molar-refractivity contribution is 5.94. The monoisotopic (exact) mass is 429 g/mol. The molecule has 2 aromatic carbocycles. The first kappa shape index (κ1) is 22.3. The molecule has 1 amide bonds. The molecule has 5 nitrogen and oxygen atoms in total. The Labute approximate surface area is 178 Å². The average Bonchev–Trinajstić information content (AvgIpc) is 2.76. The minimum atomic E-state index is -4.40. The number of nitrogens with zero attached hydrogens (tertiary/aromatic N) is 2. The molecule has 1 aromatic heterocycles. The highest BCUT2D eigenvalue weighted by atomic mass is 19.4. The molecule has 0 aliphatic heterocycles. The first-order chi connectivity index (χ1) is 14.7. The van der Waals surface area contributed by atoms with Crippen molar-refractivity contribution in [1.82, 2.24) is 15.3 Å². The van der Waals surface area contributed by atoms with Crippen molar-refractivity contribution in [3.63, 3.8) is 0 Å². The Morgan fingerprint density at radius 2 is 1.71 bits per heavy atom. The smallest absolute Gasteiger partial charge is 0.416 e. The number of halogens is 3. The second kappa shape index (κ2) is 9.59. The van der Waals surface area contributed by atoms with Crippen LogP contribution >= 0.6 is 0 Å². The zero-order chi connectivity index (χ0) is 22.4. The fourth-order valence-corrected chi connectivity index (χ4v) is 2.74. The lowest BCUT2D eigenvalue weighted by atomic mass is 10.1. The number of carbonyl (C=O) groups is 1. The van der Waals surface area contributed by atoms with Crippen LogP contribution in [-0.2, 0) is 19.3 Å². The lowest BCUT2D eigenvalue weighted by Crippen LogP contribution is -2.25. The van der Waals surface area contributed by atoms with E-state index in [0.717, 1.165) is 17.7 Å². The van der Waals surface area contributed by atoms with Crippen molar-refractivity contribution in [2.45, 2.75) is 39.1 Å². The van der Waals surface area contributed by atoms with Crippen LogP contribution in [-0.4, -0.2) is 15.9 Å². The second-order valence-electron chi connectivity index (χ2n) is 7.25. The number of hydrogen-bond acceptors (Lipinski definition) is 4. The summed E-state index contributed by atoms with van der Waals surface area (Å²) in [7, 11) is 0. The van der Waals surface area contributed by atoms with Crippen molar-refractivity contribution in [2.24, 2.45) is 0 Å². The minimum absolute atomic E-state index is 0.00429. The molecule has 0 radical (unpaired) electrons. The van der Waals surface area contributed by atoms with Crippen molar-refractivity contribution < 1.29 is 22.7 Å². The van der Waals surface area contributed by atoms with Crippen LogP contribution < -0.4 is 10.1 Å². The predicted molar refractivity (Wildman–Crippen MR) is 110 cm³/mol. The lowest BCUT2D eigenvalue weighted by molar-refractivity contribution is -0.137. The van der Waals surface area contributed by atoms with Gasteiger partial charge in [0.2, 0.25) is 0 Å². The minimum Gasteiger partial charge on any atom is -0.485 e. The normalized spacial score (nSPS) is 11.4. The van der Waals surface area contributed by atoms with Gasteiger partial charge in [-0.15, -0.1) is 0 Å². The van der Waals surface area contributed by atoms with Crippen LogP contribution in [0, 0.1) is 0 Å². The lowest BCUT2D eigenvalue weighted by Gasteiger charge is -2.13. The highest BCUT2D eigenvalue weighted by Gasteiger charge is 2.30. The van der Waals surface area contributed by atoms with E-state index in [1.165, 1.54) is 18.3 Å². The van der Waals surface area contributed by atoms with Gasteiger partial charge in [-0.3, -0.25) is 4.79 Å². The molecule has 3 rings (SSSR count). The Balaban J connectivity index is 1.74. The van der Waals surface area contributed by atoms with Crippen LogP contribution in [0.2, 0.25) is 0 Å². The fourth-order valence-electron chi connectivity index (χ4n) is 2.74. The topological polar surface area (TPSA) is 64.1 Å². The van der Waals surface area contributed by atoms with E-state index in [-0.39, 0.29) is 30.5 Å². The first-order valence-corrected chi connectivity index (χ1v) is 9.72. The maximum Gasteiger partial charge on any atom is 0.416 e. The number of carbonyl (C=O) groups excluding carboxylic acids is 1. The van der Waals surface area contributed by atoms with E-state index in [0.29, 0.717) is 11.4 Å². The van der Waals surface area contributed by atoms with Gasteiger partial charge in [0.15, 0.2) is 11.4 Å². The van der Waals surface area contributed by atoms with Crippen molar-refractivity contribution in [2.75, 3.05) is 0 Å². The van der Waals surface area contributed by atoms with Gasteiger partial charge in [-0.05, 0) is 23.3 Å². The zero-order valence-electron chi connectivity index (χ0n) is 17.1. The molecule has 0 saturated heterocycles. The van der Waals surface area contributed by atoms with E-state index >= 15 is 0 Å². The first-order valence-electron chi connectivity index (χ1n) is 9.72. The van der Waals surface area contributed by atoms with Crippen molar-refractivity contribution in [3.05, 3.63) is 89.0 Å². The highest BCUT2D eigenvalue weighted by Crippen LogP contribution is 2.29. The summed E-state index contributed by atoms with van der Waals surface area (Å²) < 4.78 is 43.9. The maximum atomic E-state index is 12.8. The van der Waals surface area contributed by atoms with E-state index in [4.69, 9.17) is 4.74 Å². The van der Waals surface area contributed by atoms with Crippen LogP contribution in [0.4, 0.5) is 13.2 Å².